The summed E-state index contributed by atoms with van der Waals surface area (Å²) in [5, 5.41) is 21.0. The van der Waals surface area contributed by atoms with Gasteiger partial charge in [-0.3, -0.25) is 0 Å². The molecule has 11 aromatic carbocycles. The van der Waals surface area contributed by atoms with Crippen LogP contribution in [0.5, 0.6) is 0 Å². The van der Waals surface area contributed by atoms with E-state index in [4.69, 9.17) is 0 Å². The molecular weight excluding hydrogens is 837 g/mol. The number of fused-ring (bicyclic) bond motifs is 24. The van der Waals surface area contributed by atoms with Gasteiger partial charge in [-0.2, -0.15) is 0 Å². The molecule has 0 atom stereocenters. The van der Waals surface area contributed by atoms with E-state index in [2.05, 4.69) is 203 Å². The topological polar surface area (TPSA) is 9.86 Å². The fraction of sp³-hybridized carbons (Fsp3) is 0.0645. The fourth-order valence-corrected chi connectivity index (χ4v) is 13.8. The Kier molecular flexibility index (Phi) is 8.86. The maximum atomic E-state index is 2.52. The van der Waals surface area contributed by atoms with Crippen LogP contribution in [0.3, 0.4) is 0 Å². The summed E-state index contributed by atoms with van der Waals surface area (Å²) in [7, 11) is 0. The first-order valence-electron chi connectivity index (χ1n) is 23.3. The molecule has 314 valence electrons. The highest BCUT2D eigenvalue weighted by atomic mass is 32.1. The van der Waals surface area contributed by atoms with Crippen molar-refractivity contribution >= 4 is 150 Å². The molecule has 0 amide bonds. The largest absolute Gasteiger partial charge is 0.309 e. The lowest BCUT2D eigenvalue weighted by Gasteiger charge is -2.14. The van der Waals surface area contributed by atoms with Gasteiger partial charge in [0.15, 0.2) is 0 Å². The molecule has 0 N–H and O–H groups in total. The minimum atomic E-state index is 1.15. The quantitative estimate of drug-likeness (QED) is 0.164. The van der Waals surface area contributed by atoms with E-state index in [1.165, 1.54) is 127 Å². The van der Waals surface area contributed by atoms with Crippen LogP contribution < -0.4 is 0 Å². The summed E-state index contributed by atoms with van der Waals surface area (Å²) >= 11 is 3.89. The Morgan fingerprint density at radius 2 is 0.591 bits per heavy atom. The van der Waals surface area contributed by atoms with Gasteiger partial charge < -0.3 is 9.13 Å². The van der Waals surface area contributed by atoms with Gasteiger partial charge in [-0.05, 0) is 57.9 Å². The SMILES string of the molecule is CC.CC.c1ccc2c(c1)ccc1c2sc2c3ccccc3c3c(c4ccccc4n3-c3ccc(-n4c5ccccc5c5c6c7ccc8ccccc8c7sc6c6ccccc6c54)cc3)c12. The Hall–Kier alpha value is -7.50. The van der Waals surface area contributed by atoms with Crippen LogP contribution >= 0.6 is 22.7 Å². The maximum absolute atomic E-state index is 2.52. The molecule has 0 radical (unpaired) electrons. The Morgan fingerprint density at radius 1 is 0.258 bits per heavy atom. The summed E-state index contributed by atoms with van der Waals surface area (Å²) in [6.07, 6.45) is 0. The zero-order valence-electron chi connectivity index (χ0n) is 37.2. The van der Waals surface area contributed by atoms with Gasteiger partial charge in [0.1, 0.15) is 0 Å². The summed E-state index contributed by atoms with van der Waals surface area (Å²) in [5.41, 5.74) is 7.26. The van der Waals surface area contributed by atoms with Gasteiger partial charge >= 0.3 is 0 Å². The fourth-order valence-electron chi connectivity index (χ4n) is 11.1. The predicted molar refractivity (Wildman–Crippen MR) is 294 cm³/mol. The molecule has 0 fully saturated rings. The van der Waals surface area contributed by atoms with Crippen molar-refractivity contribution in [3.8, 4) is 11.4 Å². The van der Waals surface area contributed by atoms with Crippen molar-refractivity contribution in [3.63, 3.8) is 0 Å². The molecule has 0 aliphatic heterocycles. The second-order valence-corrected chi connectivity index (χ2v) is 18.7. The maximum Gasteiger partial charge on any atom is 0.0626 e. The van der Waals surface area contributed by atoms with Crippen molar-refractivity contribution in [3.05, 3.63) is 194 Å². The number of para-hydroxylation sites is 2. The van der Waals surface area contributed by atoms with Crippen LogP contribution in [0.4, 0.5) is 0 Å². The van der Waals surface area contributed by atoms with Crippen molar-refractivity contribution < 1.29 is 0 Å². The highest BCUT2D eigenvalue weighted by molar-refractivity contribution is 7.28. The van der Waals surface area contributed by atoms with Crippen molar-refractivity contribution in [2.75, 3.05) is 0 Å². The zero-order chi connectivity index (χ0) is 44.2. The highest BCUT2D eigenvalue weighted by Crippen LogP contribution is 2.51. The zero-order valence-corrected chi connectivity index (χ0v) is 38.8. The Labute approximate surface area is 389 Å². The molecule has 0 bridgehead atoms. The van der Waals surface area contributed by atoms with Crippen LogP contribution in [-0.2, 0) is 0 Å². The summed E-state index contributed by atoms with van der Waals surface area (Å²) in [6, 6.07) is 72.4. The molecule has 2 nitrogen and oxygen atoms in total. The van der Waals surface area contributed by atoms with Gasteiger partial charge in [-0.1, -0.05) is 185 Å². The molecule has 4 heterocycles. The van der Waals surface area contributed by atoms with Crippen LogP contribution in [0, 0.1) is 0 Å². The monoisotopic (exact) mass is 880 g/mol. The van der Waals surface area contributed by atoms with E-state index in [0.717, 1.165) is 11.4 Å². The Morgan fingerprint density at radius 3 is 1.00 bits per heavy atom. The van der Waals surface area contributed by atoms with Crippen LogP contribution in [0.25, 0.3) is 138 Å². The van der Waals surface area contributed by atoms with E-state index in [9.17, 15) is 0 Å². The molecule has 15 rings (SSSR count). The average Bonchev–Trinajstić information content (AvgIpc) is 4.16. The molecule has 4 heteroatoms. The van der Waals surface area contributed by atoms with Crippen molar-refractivity contribution in [1.82, 2.24) is 9.13 Å². The molecule has 0 unspecified atom stereocenters. The molecule has 0 aliphatic carbocycles. The number of benzene rings is 11. The lowest BCUT2D eigenvalue weighted by atomic mass is 9.98. The van der Waals surface area contributed by atoms with Gasteiger partial charge in [0.25, 0.3) is 0 Å². The normalized spacial score (nSPS) is 11.9. The van der Waals surface area contributed by atoms with Crippen LogP contribution in [0.1, 0.15) is 27.7 Å². The molecule has 0 spiro atoms. The minimum Gasteiger partial charge on any atom is -0.309 e. The lowest BCUT2D eigenvalue weighted by Crippen LogP contribution is -1.98. The molecular formula is C62H44N2S2. The highest BCUT2D eigenvalue weighted by Gasteiger charge is 2.25. The molecule has 4 aromatic heterocycles. The van der Waals surface area contributed by atoms with E-state index in [1.54, 1.807) is 0 Å². The standard InChI is InChI=1S/C58H32N2S2.2C2H6/c1-3-15-37-33(13-1)25-31-45-51-49-43-21-9-11-23-47(43)59(53(49)39-17-5-7-19-41(39)57(51)61-55(37)45)35-27-29-36(30-28-35)60-48-24-12-10-22-44(48)50-52-46-32-26-34-14-2-4-16-38(34)56(46)62-58(52)42-20-8-6-18-40(42)54(50)60;2*1-2/h1-32H;2*1-2H3. The number of hydrogen-bond acceptors (Lipinski definition) is 2. The molecule has 66 heavy (non-hydrogen) atoms. The number of nitrogens with zero attached hydrogens (tertiary/aromatic N) is 2. The summed E-state index contributed by atoms with van der Waals surface area (Å²) in [4.78, 5) is 0. The molecule has 0 aliphatic rings. The first-order valence-corrected chi connectivity index (χ1v) is 24.9. The molecule has 0 saturated heterocycles. The average molecular weight is 881 g/mol. The van der Waals surface area contributed by atoms with Crippen molar-refractivity contribution in [2.45, 2.75) is 27.7 Å². The van der Waals surface area contributed by atoms with Gasteiger partial charge in [0, 0.05) is 94.8 Å². The third-order valence-electron chi connectivity index (χ3n) is 13.6. The van der Waals surface area contributed by atoms with E-state index >= 15 is 0 Å². The third-order valence-corrected chi connectivity index (χ3v) is 16.2. The molecule has 15 aromatic rings. The second-order valence-electron chi connectivity index (χ2n) is 16.7. The summed E-state index contributed by atoms with van der Waals surface area (Å²) < 4.78 is 10.5. The number of hydrogen-bond donors (Lipinski definition) is 0. The van der Waals surface area contributed by atoms with E-state index in [1.807, 2.05) is 50.4 Å². The number of rotatable bonds is 2. The van der Waals surface area contributed by atoms with Crippen LogP contribution in [0.2, 0.25) is 0 Å². The number of aromatic nitrogens is 2. The number of thiophene rings is 2. The minimum absolute atomic E-state index is 1.15. The lowest BCUT2D eigenvalue weighted by molar-refractivity contribution is 1.15. The second kappa shape index (κ2) is 15.0. The van der Waals surface area contributed by atoms with Gasteiger partial charge in [-0.25, -0.2) is 0 Å². The smallest absolute Gasteiger partial charge is 0.0626 e. The first-order chi connectivity index (χ1) is 32.8. The Bertz CT molecular complexity index is 4160. The summed E-state index contributed by atoms with van der Waals surface area (Å²) in [6.45, 7) is 8.00. The molecule has 0 saturated carbocycles. The van der Waals surface area contributed by atoms with Crippen molar-refractivity contribution in [1.29, 1.82) is 0 Å². The first kappa shape index (κ1) is 38.9. The van der Waals surface area contributed by atoms with E-state index < -0.39 is 0 Å². The predicted octanol–water partition coefficient (Wildman–Crippen LogP) is 19.3. The third kappa shape index (κ3) is 5.23. The van der Waals surface area contributed by atoms with Crippen molar-refractivity contribution in [2.24, 2.45) is 0 Å². The van der Waals surface area contributed by atoms with Gasteiger partial charge in [0.05, 0.1) is 22.1 Å². The Balaban J connectivity index is 0.00000106. The van der Waals surface area contributed by atoms with Crippen LogP contribution in [-0.4, -0.2) is 9.13 Å². The van der Waals surface area contributed by atoms with Gasteiger partial charge in [-0.15, -0.1) is 22.7 Å². The van der Waals surface area contributed by atoms with E-state index in [0.29, 0.717) is 0 Å². The van der Waals surface area contributed by atoms with Crippen LogP contribution in [0.15, 0.2) is 194 Å². The summed E-state index contributed by atoms with van der Waals surface area (Å²) in [5.74, 6) is 0. The van der Waals surface area contributed by atoms with Gasteiger partial charge in [0.2, 0.25) is 0 Å². The van der Waals surface area contributed by atoms with E-state index in [-0.39, 0.29) is 0 Å².